The van der Waals surface area contributed by atoms with Gasteiger partial charge in [0, 0.05) is 11.3 Å². The molecule has 0 radical (unpaired) electrons. The molecule has 0 bridgehead atoms. The van der Waals surface area contributed by atoms with Crippen molar-refractivity contribution in [2.75, 3.05) is 5.75 Å². The minimum absolute atomic E-state index is 0.0153. The number of hydrogen-bond acceptors (Lipinski definition) is 4. The maximum Gasteiger partial charge on any atom is 0.300 e. The summed E-state index contributed by atoms with van der Waals surface area (Å²) in [6.07, 6.45) is 2.90. The quantitative estimate of drug-likeness (QED) is 0.661. The summed E-state index contributed by atoms with van der Waals surface area (Å²) in [6.45, 7) is 2.12. The predicted molar refractivity (Wildman–Crippen MR) is 85.1 cm³/mol. The lowest BCUT2D eigenvalue weighted by molar-refractivity contribution is -0.385. The predicted octanol–water partition coefficient (Wildman–Crippen LogP) is 3.65. The number of halogens is 1. The second-order valence-corrected chi connectivity index (χ2v) is 6.94. The van der Waals surface area contributed by atoms with Crippen molar-refractivity contribution in [3.63, 3.8) is 0 Å². The Labute approximate surface area is 132 Å². The van der Waals surface area contributed by atoms with E-state index in [2.05, 4.69) is 12.2 Å². The molecule has 1 aliphatic carbocycles. The molecule has 1 aromatic carbocycles. The molecule has 0 heterocycles. The van der Waals surface area contributed by atoms with Gasteiger partial charge in [-0.25, -0.2) is 0 Å². The van der Waals surface area contributed by atoms with E-state index in [1.165, 1.54) is 12.1 Å². The number of thioether (sulfide) groups is 1. The Morgan fingerprint density at radius 3 is 2.95 bits per heavy atom. The van der Waals surface area contributed by atoms with E-state index < -0.39 is 10.8 Å². The summed E-state index contributed by atoms with van der Waals surface area (Å²) in [6, 6.07) is 4.49. The molecule has 0 saturated heterocycles. The van der Waals surface area contributed by atoms with Gasteiger partial charge in [0.15, 0.2) is 0 Å². The second kappa shape index (κ2) is 7.13. The highest BCUT2D eigenvalue weighted by Gasteiger charge is 2.29. The van der Waals surface area contributed by atoms with Gasteiger partial charge in [-0.15, -0.1) is 0 Å². The van der Waals surface area contributed by atoms with Crippen LogP contribution >= 0.6 is 23.4 Å². The summed E-state index contributed by atoms with van der Waals surface area (Å²) in [5.41, 5.74) is -0.298. The molecular weight excluding hydrogens is 312 g/mol. The zero-order valence-electron chi connectivity index (χ0n) is 11.7. The van der Waals surface area contributed by atoms with E-state index in [4.69, 9.17) is 11.6 Å². The first kappa shape index (κ1) is 16.1. The van der Waals surface area contributed by atoms with Crippen molar-refractivity contribution in [2.45, 2.75) is 37.5 Å². The minimum atomic E-state index is -0.609. The van der Waals surface area contributed by atoms with Crippen LogP contribution in [0.3, 0.4) is 0 Å². The number of carbonyl (C=O) groups is 1. The molecule has 1 aliphatic rings. The molecule has 1 amide bonds. The van der Waals surface area contributed by atoms with E-state index in [-0.39, 0.29) is 22.3 Å². The third-order valence-corrected chi connectivity index (χ3v) is 5.07. The molecule has 2 atom stereocenters. The van der Waals surface area contributed by atoms with Gasteiger partial charge in [0.1, 0.15) is 10.6 Å². The molecule has 1 saturated carbocycles. The number of carbonyl (C=O) groups excluding carboxylic acids is 1. The van der Waals surface area contributed by atoms with Crippen LogP contribution in [0.15, 0.2) is 18.2 Å². The van der Waals surface area contributed by atoms with Gasteiger partial charge in [-0.05, 0) is 37.1 Å². The molecule has 1 fully saturated rings. The van der Waals surface area contributed by atoms with Crippen LogP contribution in [-0.2, 0) is 0 Å². The van der Waals surface area contributed by atoms with E-state index in [0.29, 0.717) is 5.25 Å². The molecule has 7 heteroatoms. The lowest BCUT2D eigenvalue weighted by atomic mass is 10.1. The summed E-state index contributed by atoms with van der Waals surface area (Å²) in [7, 11) is 0. The molecule has 2 unspecified atom stereocenters. The van der Waals surface area contributed by atoms with Gasteiger partial charge in [0.05, 0.1) is 4.92 Å². The highest BCUT2D eigenvalue weighted by Crippen LogP contribution is 2.31. The Kier molecular flexibility index (Phi) is 5.47. The van der Waals surface area contributed by atoms with Crippen molar-refractivity contribution in [2.24, 2.45) is 0 Å². The molecule has 0 aliphatic heterocycles. The summed E-state index contributed by atoms with van der Waals surface area (Å²) in [5.74, 6) is 0.641. The van der Waals surface area contributed by atoms with Crippen molar-refractivity contribution in [1.29, 1.82) is 0 Å². The van der Waals surface area contributed by atoms with Gasteiger partial charge in [-0.3, -0.25) is 14.9 Å². The van der Waals surface area contributed by atoms with E-state index in [1.807, 2.05) is 11.8 Å². The molecular formula is C14H17ClN2O3S. The first-order chi connectivity index (χ1) is 10.0. The number of nitrogens with one attached hydrogen (secondary N) is 1. The number of amides is 1. The third-order valence-electron chi connectivity index (χ3n) is 3.54. The fourth-order valence-electron chi connectivity index (χ4n) is 2.61. The number of nitro groups is 1. The summed E-state index contributed by atoms with van der Waals surface area (Å²) < 4.78 is 0. The van der Waals surface area contributed by atoms with Crippen molar-refractivity contribution in [1.82, 2.24) is 5.32 Å². The first-order valence-electron chi connectivity index (χ1n) is 6.88. The van der Waals surface area contributed by atoms with Gasteiger partial charge in [0.2, 0.25) is 0 Å². The SMILES string of the molecule is CCSC1CCC(NC(=O)c2cccc(Cl)c2[N+](=O)[O-])C1. The Morgan fingerprint density at radius 2 is 2.29 bits per heavy atom. The van der Waals surface area contributed by atoms with E-state index in [1.54, 1.807) is 6.07 Å². The molecule has 5 nitrogen and oxygen atoms in total. The van der Waals surface area contributed by atoms with Crippen LogP contribution in [0.1, 0.15) is 36.5 Å². The largest absolute Gasteiger partial charge is 0.349 e. The topological polar surface area (TPSA) is 72.2 Å². The average Bonchev–Trinajstić information content (AvgIpc) is 2.85. The van der Waals surface area contributed by atoms with Crippen molar-refractivity contribution < 1.29 is 9.72 Å². The Balaban J connectivity index is 2.08. The van der Waals surface area contributed by atoms with Crippen LogP contribution in [-0.4, -0.2) is 27.9 Å². The number of benzene rings is 1. The van der Waals surface area contributed by atoms with Gasteiger partial charge < -0.3 is 5.32 Å². The number of nitro benzene ring substituents is 1. The Morgan fingerprint density at radius 1 is 1.52 bits per heavy atom. The van der Waals surface area contributed by atoms with E-state index in [9.17, 15) is 14.9 Å². The lowest BCUT2D eigenvalue weighted by Crippen LogP contribution is -2.33. The van der Waals surface area contributed by atoms with E-state index >= 15 is 0 Å². The molecule has 2 rings (SSSR count). The molecule has 114 valence electrons. The number of rotatable bonds is 5. The molecule has 0 aromatic heterocycles. The maximum absolute atomic E-state index is 12.3. The van der Waals surface area contributed by atoms with Gasteiger partial charge in [-0.1, -0.05) is 24.6 Å². The fraction of sp³-hybridized carbons (Fsp3) is 0.500. The van der Waals surface area contributed by atoms with Crippen LogP contribution in [0, 0.1) is 10.1 Å². The third kappa shape index (κ3) is 3.89. The van der Waals surface area contributed by atoms with Crippen LogP contribution in [0.5, 0.6) is 0 Å². The maximum atomic E-state index is 12.3. The average molecular weight is 329 g/mol. The zero-order valence-corrected chi connectivity index (χ0v) is 13.2. The molecule has 1 N–H and O–H groups in total. The number of para-hydroxylation sites is 1. The molecule has 0 spiro atoms. The number of nitrogens with zero attached hydrogens (tertiary/aromatic N) is 1. The standard InChI is InChI=1S/C14H17ClN2O3S/c1-2-21-10-7-6-9(8-10)16-14(18)11-4-3-5-12(15)13(11)17(19)20/h3-5,9-10H,2,6-8H2,1H3,(H,16,18). The monoisotopic (exact) mass is 328 g/mol. The van der Waals surface area contributed by atoms with Crippen LogP contribution in [0.2, 0.25) is 5.02 Å². The first-order valence-corrected chi connectivity index (χ1v) is 8.31. The van der Waals surface area contributed by atoms with Crippen LogP contribution in [0.25, 0.3) is 0 Å². The molecule has 1 aromatic rings. The van der Waals surface area contributed by atoms with Gasteiger partial charge >= 0.3 is 5.69 Å². The zero-order chi connectivity index (χ0) is 15.4. The van der Waals surface area contributed by atoms with Crippen LogP contribution < -0.4 is 5.32 Å². The van der Waals surface area contributed by atoms with E-state index in [0.717, 1.165) is 25.0 Å². The van der Waals surface area contributed by atoms with Crippen molar-refractivity contribution >= 4 is 35.0 Å². The second-order valence-electron chi connectivity index (χ2n) is 4.95. The lowest BCUT2D eigenvalue weighted by Gasteiger charge is -2.13. The van der Waals surface area contributed by atoms with Gasteiger partial charge in [0.25, 0.3) is 5.91 Å². The normalized spacial score (nSPS) is 21.2. The summed E-state index contributed by atoms with van der Waals surface area (Å²) in [4.78, 5) is 22.7. The number of hydrogen-bond donors (Lipinski definition) is 1. The smallest absolute Gasteiger partial charge is 0.300 e. The van der Waals surface area contributed by atoms with Crippen LogP contribution in [0.4, 0.5) is 5.69 Å². The van der Waals surface area contributed by atoms with Crippen molar-refractivity contribution in [3.05, 3.63) is 38.9 Å². The van der Waals surface area contributed by atoms with Gasteiger partial charge in [-0.2, -0.15) is 11.8 Å². The summed E-state index contributed by atoms with van der Waals surface area (Å²) >= 11 is 7.72. The minimum Gasteiger partial charge on any atom is -0.349 e. The summed E-state index contributed by atoms with van der Waals surface area (Å²) in [5, 5.41) is 14.5. The Bertz CT molecular complexity index is 553. The Hall–Kier alpha value is -1.27. The highest BCUT2D eigenvalue weighted by atomic mass is 35.5. The highest BCUT2D eigenvalue weighted by molar-refractivity contribution is 7.99. The van der Waals surface area contributed by atoms with Crippen molar-refractivity contribution in [3.8, 4) is 0 Å². The fourth-order valence-corrected chi connectivity index (χ4v) is 3.99. The molecule has 21 heavy (non-hydrogen) atoms.